The van der Waals surface area contributed by atoms with Crippen LogP contribution in [-0.2, 0) is 10.5 Å². The van der Waals surface area contributed by atoms with Gasteiger partial charge in [-0.3, -0.25) is 4.79 Å². The molecule has 1 aromatic heterocycles. The maximum Gasteiger partial charge on any atom is 0.254 e. The fourth-order valence-electron chi connectivity index (χ4n) is 4.67. The van der Waals surface area contributed by atoms with Crippen molar-refractivity contribution < 1.29 is 9.53 Å². The van der Waals surface area contributed by atoms with Crippen molar-refractivity contribution in [3.05, 3.63) is 75.9 Å². The zero-order chi connectivity index (χ0) is 25.8. The van der Waals surface area contributed by atoms with Crippen molar-refractivity contribution in [2.75, 3.05) is 62.3 Å². The summed E-state index contributed by atoms with van der Waals surface area (Å²) < 4.78 is 5.35. The second-order valence-corrected chi connectivity index (χ2v) is 10.7. The number of hydrogen-bond donors (Lipinski definition) is 0. The van der Waals surface area contributed by atoms with Crippen LogP contribution in [0, 0.1) is 13.8 Å². The topological polar surface area (TPSA) is 61.8 Å². The predicted octanol–water partition coefficient (Wildman–Crippen LogP) is 4.84. The van der Waals surface area contributed by atoms with E-state index in [0.717, 1.165) is 76.0 Å². The summed E-state index contributed by atoms with van der Waals surface area (Å²) in [5.41, 5.74) is 5.08. The smallest absolute Gasteiger partial charge is 0.254 e. The number of rotatable bonds is 6. The highest BCUT2D eigenvalue weighted by Crippen LogP contribution is 2.30. The van der Waals surface area contributed by atoms with E-state index in [1.54, 1.807) is 11.8 Å². The van der Waals surface area contributed by atoms with Crippen LogP contribution in [0.3, 0.4) is 0 Å². The summed E-state index contributed by atoms with van der Waals surface area (Å²) in [6.07, 6.45) is 0. The third kappa shape index (κ3) is 6.03. The number of para-hydroxylation sites is 1. The van der Waals surface area contributed by atoms with Crippen molar-refractivity contribution in [2.45, 2.75) is 24.8 Å². The summed E-state index contributed by atoms with van der Waals surface area (Å²) in [6, 6.07) is 15.9. The minimum atomic E-state index is 0.0688. The molecule has 194 valence electrons. The molecule has 5 rings (SSSR count). The van der Waals surface area contributed by atoms with Crippen molar-refractivity contribution in [1.82, 2.24) is 14.9 Å². The van der Waals surface area contributed by atoms with Gasteiger partial charge in [-0.15, -0.1) is 0 Å². The molecule has 37 heavy (non-hydrogen) atoms. The Bertz CT molecular complexity index is 1240. The number of carbonyl (C=O) groups is 1. The third-order valence-corrected chi connectivity index (χ3v) is 8.22. The lowest BCUT2D eigenvalue weighted by Gasteiger charge is -2.37. The highest BCUT2D eigenvalue weighted by Gasteiger charge is 2.23. The largest absolute Gasteiger partial charge is 0.378 e. The number of ether oxygens (including phenoxy) is 1. The van der Waals surface area contributed by atoms with Crippen molar-refractivity contribution in [1.29, 1.82) is 0 Å². The SMILES string of the molecule is Cc1nc(SCc2ccc(C(=O)N3CCOCC3)cc2)nc(N2CCN(c3ccccc3Cl)CC2)c1C. The molecule has 2 fully saturated rings. The monoisotopic (exact) mass is 537 g/mol. The van der Waals surface area contributed by atoms with Gasteiger partial charge >= 0.3 is 0 Å². The number of aryl methyl sites for hydroxylation is 1. The predicted molar refractivity (Wildman–Crippen MR) is 150 cm³/mol. The van der Waals surface area contributed by atoms with Gasteiger partial charge in [0.15, 0.2) is 5.16 Å². The summed E-state index contributed by atoms with van der Waals surface area (Å²) in [5.74, 6) is 1.83. The van der Waals surface area contributed by atoms with Crippen LogP contribution in [0.4, 0.5) is 11.5 Å². The normalized spacial score (nSPS) is 16.2. The average molecular weight is 538 g/mol. The first-order chi connectivity index (χ1) is 18.0. The molecule has 2 saturated heterocycles. The quantitative estimate of drug-likeness (QED) is 0.329. The first-order valence-corrected chi connectivity index (χ1v) is 14.0. The van der Waals surface area contributed by atoms with Crippen LogP contribution in [0.5, 0.6) is 0 Å². The van der Waals surface area contributed by atoms with E-state index in [-0.39, 0.29) is 5.91 Å². The number of thioether (sulfide) groups is 1. The minimum absolute atomic E-state index is 0.0688. The summed E-state index contributed by atoms with van der Waals surface area (Å²) in [7, 11) is 0. The molecule has 0 aliphatic carbocycles. The molecule has 3 heterocycles. The molecule has 0 saturated carbocycles. The summed E-state index contributed by atoms with van der Waals surface area (Å²) >= 11 is 8.05. The summed E-state index contributed by atoms with van der Waals surface area (Å²) in [4.78, 5) is 28.9. The number of amides is 1. The Morgan fingerprint density at radius 3 is 2.30 bits per heavy atom. The van der Waals surface area contributed by atoms with Crippen molar-refractivity contribution in [3.63, 3.8) is 0 Å². The minimum Gasteiger partial charge on any atom is -0.378 e. The average Bonchev–Trinajstić information content (AvgIpc) is 2.94. The molecule has 0 radical (unpaired) electrons. The van der Waals surface area contributed by atoms with E-state index in [9.17, 15) is 4.79 Å². The number of aromatic nitrogens is 2. The van der Waals surface area contributed by atoms with Gasteiger partial charge in [-0.2, -0.15) is 0 Å². The lowest BCUT2D eigenvalue weighted by atomic mass is 10.1. The van der Waals surface area contributed by atoms with Gasteiger partial charge in [-0.25, -0.2) is 9.97 Å². The van der Waals surface area contributed by atoms with E-state index in [2.05, 4.69) is 29.7 Å². The summed E-state index contributed by atoms with van der Waals surface area (Å²) in [6.45, 7) is 10.2. The molecule has 0 spiro atoms. The third-order valence-electron chi connectivity index (χ3n) is 6.98. The van der Waals surface area contributed by atoms with Crippen molar-refractivity contribution >= 4 is 40.8 Å². The highest BCUT2D eigenvalue weighted by molar-refractivity contribution is 7.98. The van der Waals surface area contributed by atoms with Gasteiger partial charge in [0.05, 0.1) is 23.9 Å². The van der Waals surface area contributed by atoms with Crippen LogP contribution < -0.4 is 9.80 Å². The molecule has 3 aromatic rings. The van der Waals surface area contributed by atoms with E-state index in [1.165, 1.54) is 0 Å². The Hall–Kier alpha value is -2.81. The number of morpholine rings is 1. The van der Waals surface area contributed by atoms with Crippen molar-refractivity contribution in [3.8, 4) is 0 Å². The maximum atomic E-state index is 12.7. The van der Waals surface area contributed by atoms with Crippen LogP contribution in [0.25, 0.3) is 0 Å². The molecule has 2 aliphatic heterocycles. The zero-order valence-electron chi connectivity index (χ0n) is 21.3. The van der Waals surface area contributed by atoms with E-state index < -0.39 is 0 Å². The van der Waals surface area contributed by atoms with Crippen LogP contribution in [0.1, 0.15) is 27.2 Å². The molecular formula is C28H32ClN5O2S. The molecular weight excluding hydrogens is 506 g/mol. The van der Waals surface area contributed by atoms with Crippen LogP contribution in [0.15, 0.2) is 53.7 Å². The molecule has 0 atom stereocenters. The number of nitrogens with zero attached hydrogens (tertiary/aromatic N) is 5. The number of benzene rings is 2. The maximum absolute atomic E-state index is 12.7. The lowest BCUT2D eigenvalue weighted by molar-refractivity contribution is 0.0303. The van der Waals surface area contributed by atoms with Gasteiger partial charge in [0.2, 0.25) is 0 Å². The van der Waals surface area contributed by atoms with Gasteiger partial charge in [0.25, 0.3) is 5.91 Å². The molecule has 1 amide bonds. The zero-order valence-corrected chi connectivity index (χ0v) is 22.9. The van der Waals surface area contributed by atoms with Crippen LogP contribution in [0.2, 0.25) is 5.02 Å². The first-order valence-electron chi connectivity index (χ1n) is 12.7. The van der Waals surface area contributed by atoms with Gasteiger partial charge in [0, 0.05) is 61.8 Å². The molecule has 0 unspecified atom stereocenters. The Morgan fingerprint density at radius 1 is 0.919 bits per heavy atom. The Labute approximate surface area is 227 Å². The van der Waals surface area contributed by atoms with Crippen LogP contribution in [-0.4, -0.2) is 73.3 Å². The van der Waals surface area contributed by atoms with Gasteiger partial charge < -0.3 is 19.4 Å². The van der Waals surface area contributed by atoms with E-state index in [0.29, 0.717) is 26.3 Å². The Balaban J connectivity index is 1.21. The van der Waals surface area contributed by atoms with Gasteiger partial charge in [0.1, 0.15) is 5.82 Å². The van der Waals surface area contributed by atoms with E-state index >= 15 is 0 Å². The van der Waals surface area contributed by atoms with E-state index in [4.69, 9.17) is 26.3 Å². The Morgan fingerprint density at radius 2 is 1.59 bits per heavy atom. The van der Waals surface area contributed by atoms with Gasteiger partial charge in [-0.05, 0) is 43.7 Å². The number of anilines is 2. The molecule has 0 bridgehead atoms. The number of hydrogen-bond acceptors (Lipinski definition) is 7. The van der Waals surface area contributed by atoms with Crippen molar-refractivity contribution in [2.24, 2.45) is 0 Å². The fourth-order valence-corrected chi connectivity index (χ4v) is 5.76. The van der Waals surface area contributed by atoms with Gasteiger partial charge in [-0.1, -0.05) is 47.6 Å². The van der Waals surface area contributed by atoms with E-state index in [1.807, 2.05) is 47.4 Å². The van der Waals surface area contributed by atoms with Crippen LogP contribution >= 0.6 is 23.4 Å². The molecule has 2 aromatic carbocycles. The highest BCUT2D eigenvalue weighted by atomic mass is 35.5. The number of carbonyl (C=O) groups excluding carboxylic acids is 1. The number of piperazine rings is 1. The first kappa shape index (κ1) is 25.8. The standard InChI is InChI=1S/C28H32ClN5O2S/c1-20-21(2)30-28(31-26(20)33-13-11-32(12-14-33)25-6-4-3-5-24(25)29)37-19-22-7-9-23(10-8-22)27(35)34-15-17-36-18-16-34/h3-10H,11-19H2,1-2H3. The second-order valence-electron chi connectivity index (χ2n) is 9.36. The molecule has 7 nitrogen and oxygen atoms in total. The Kier molecular flexibility index (Phi) is 8.17. The lowest BCUT2D eigenvalue weighted by Crippen LogP contribution is -2.47. The molecule has 9 heteroatoms. The molecule has 0 N–H and O–H groups in total. The summed E-state index contributed by atoms with van der Waals surface area (Å²) in [5, 5.41) is 1.57. The molecule has 2 aliphatic rings. The fraction of sp³-hybridized carbons (Fsp3) is 0.393. The second kappa shape index (κ2) is 11.7. The number of halogens is 1.